The highest BCUT2D eigenvalue weighted by Gasteiger charge is 2.46. The zero-order valence-corrected chi connectivity index (χ0v) is 13.3. The van der Waals surface area contributed by atoms with Crippen LogP contribution in [0.4, 0.5) is 14.5 Å². The number of anilines is 1. The van der Waals surface area contributed by atoms with E-state index in [0.717, 1.165) is 0 Å². The number of nitrogens with one attached hydrogen (secondary N) is 2. The minimum Gasteiger partial charge on any atom is -0.355 e. The summed E-state index contributed by atoms with van der Waals surface area (Å²) in [5, 5.41) is 5.32. The molecule has 0 bridgehead atoms. The molecule has 1 heterocycles. The number of carbonyl (C=O) groups excluding carboxylic acids is 2. The second kappa shape index (κ2) is 7.38. The molecule has 2 atom stereocenters. The molecule has 0 saturated heterocycles. The number of carbonyl (C=O) groups is 2. The van der Waals surface area contributed by atoms with E-state index in [1.54, 1.807) is 24.5 Å². The van der Waals surface area contributed by atoms with Crippen molar-refractivity contribution in [2.75, 3.05) is 11.9 Å². The minimum absolute atomic E-state index is 0.0296. The fraction of sp³-hybridized carbons (Fsp3) is 0.278. The Morgan fingerprint density at radius 3 is 2.48 bits per heavy atom. The summed E-state index contributed by atoms with van der Waals surface area (Å²) in [6.45, 7) is 0.165. The number of benzene rings is 1. The topological polar surface area (TPSA) is 71.1 Å². The van der Waals surface area contributed by atoms with Gasteiger partial charge < -0.3 is 10.6 Å². The van der Waals surface area contributed by atoms with Gasteiger partial charge in [-0.1, -0.05) is 6.07 Å². The van der Waals surface area contributed by atoms with Crippen LogP contribution >= 0.6 is 0 Å². The third-order valence-corrected chi connectivity index (χ3v) is 4.11. The summed E-state index contributed by atoms with van der Waals surface area (Å²) in [7, 11) is 0. The van der Waals surface area contributed by atoms with Gasteiger partial charge in [0.2, 0.25) is 11.8 Å². The number of hydrogen-bond acceptors (Lipinski definition) is 3. The molecule has 5 nitrogen and oxygen atoms in total. The third-order valence-electron chi connectivity index (χ3n) is 4.11. The summed E-state index contributed by atoms with van der Waals surface area (Å²) in [6.07, 6.45) is 3.64. The molecule has 1 aromatic heterocycles. The first-order valence-electron chi connectivity index (χ1n) is 7.97. The SMILES string of the molecule is O=C(CCNC(=O)[C@H]1C[C@@H]1c1c(F)cccc1F)Nc1ccncc1. The van der Waals surface area contributed by atoms with Crippen LogP contribution in [-0.4, -0.2) is 23.3 Å². The molecule has 7 heteroatoms. The maximum absolute atomic E-state index is 13.7. The molecule has 130 valence electrons. The van der Waals surface area contributed by atoms with Crippen LogP contribution in [0.25, 0.3) is 0 Å². The average Bonchev–Trinajstić information content (AvgIpc) is 3.36. The summed E-state index contributed by atoms with van der Waals surface area (Å²) in [6, 6.07) is 7.00. The van der Waals surface area contributed by atoms with Gasteiger partial charge in [-0.15, -0.1) is 0 Å². The van der Waals surface area contributed by atoms with Crippen molar-refractivity contribution in [1.29, 1.82) is 0 Å². The summed E-state index contributed by atoms with van der Waals surface area (Å²) in [4.78, 5) is 27.7. The van der Waals surface area contributed by atoms with Crippen LogP contribution in [0.2, 0.25) is 0 Å². The highest BCUT2D eigenvalue weighted by Crippen LogP contribution is 2.49. The maximum Gasteiger partial charge on any atom is 0.226 e. The first-order valence-corrected chi connectivity index (χ1v) is 7.97. The number of hydrogen-bond donors (Lipinski definition) is 2. The third kappa shape index (κ3) is 4.17. The molecule has 25 heavy (non-hydrogen) atoms. The molecule has 2 N–H and O–H groups in total. The lowest BCUT2D eigenvalue weighted by Crippen LogP contribution is -2.29. The van der Waals surface area contributed by atoms with E-state index in [0.29, 0.717) is 12.1 Å². The lowest BCUT2D eigenvalue weighted by Gasteiger charge is -2.07. The van der Waals surface area contributed by atoms with Gasteiger partial charge in [0.1, 0.15) is 11.6 Å². The molecule has 3 rings (SSSR count). The minimum atomic E-state index is -0.628. The van der Waals surface area contributed by atoms with Gasteiger partial charge in [0.05, 0.1) is 0 Å². The Bertz CT molecular complexity index is 763. The number of rotatable bonds is 6. The van der Waals surface area contributed by atoms with Crippen molar-refractivity contribution in [2.24, 2.45) is 5.92 Å². The molecule has 1 saturated carbocycles. The van der Waals surface area contributed by atoms with E-state index < -0.39 is 23.5 Å². The molecule has 1 aliphatic rings. The van der Waals surface area contributed by atoms with E-state index in [4.69, 9.17) is 0 Å². The highest BCUT2D eigenvalue weighted by molar-refractivity contribution is 5.91. The molecule has 0 spiro atoms. The number of pyridine rings is 1. The van der Waals surface area contributed by atoms with Crippen molar-refractivity contribution >= 4 is 17.5 Å². The zero-order chi connectivity index (χ0) is 17.8. The lowest BCUT2D eigenvalue weighted by molar-refractivity contribution is -0.122. The molecule has 2 aromatic rings. The summed E-state index contributed by atoms with van der Waals surface area (Å²) in [5.41, 5.74) is 0.599. The largest absolute Gasteiger partial charge is 0.355 e. The smallest absolute Gasteiger partial charge is 0.226 e. The van der Waals surface area contributed by atoms with Gasteiger partial charge in [-0.3, -0.25) is 14.6 Å². The Labute approximate surface area is 143 Å². The van der Waals surface area contributed by atoms with Gasteiger partial charge in [0, 0.05) is 48.4 Å². The standard InChI is InChI=1S/C18H17F2N3O2/c19-14-2-1-3-15(20)17(14)12-10-13(12)18(25)22-9-6-16(24)23-11-4-7-21-8-5-11/h1-5,7-8,12-13H,6,9-10H2,(H,22,25)(H,21,23,24)/t12-,13-/m0/s1. The highest BCUT2D eigenvalue weighted by atomic mass is 19.1. The maximum atomic E-state index is 13.7. The van der Waals surface area contributed by atoms with Crippen LogP contribution < -0.4 is 10.6 Å². The van der Waals surface area contributed by atoms with E-state index in [9.17, 15) is 18.4 Å². The van der Waals surface area contributed by atoms with Crippen molar-refractivity contribution in [1.82, 2.24) is 10.3 Å². The van der Waals surface area contributed by atoms with Crippen LogP contribution in [0, 0.1) is 17.6 Å². The van der Waals surface area contributed by atoms with E-state index in [-0.39, 0.29) is 30.3 Å². The fourth-order valence-corrected chi connectivity index (χ4v) is 2.76. The second-order valence-electron chi connectivity index (χ2n) is 5.91. The van der Waals surface area contributed by atoms with Crippen LogP contribution in [0.5, 0.6) is 0 Å². The molecule has 0 aliphatic heterocycles. The van der Waals surface area contributed by atoms with Gasteiger partial charge in [-0.05, 0) is 30.7 Å². The van der Waals surface area contributed by atoms with Crippen molar-refractivity contribution in [3.8, 4) is 0 Å². The predicted molar refractivity (Wildman–Crippen MR) is 87.7 cm³/mol. The lowest BCUT2D eigenvalue weighted by atomic mass is 10.1. The Balaban J connectivity index is 1.44. The van der Waals surface area contributed by atoms with E-state index in [2.05, 4.69) is 15.6 Å². The normalized spacial score (nSPS) is 18.5. The molecule has 2 amide bonds. The summed E-state index contributed by atoms with van der Waals surface area (Å²) in [5.74, 6) is -2.67. The molecule has 1 aromatic carbocycles. The van der Waals surface area contributed by atoms with Crippen LogP contribution in [-0.2, 0) is 9.59 Å². The predicted octanol–water partition coefficient (Wildman–Crippen LogP) is 2.61. The van der Waals surface area contributed by atoms with Crippen molar-refractivity contribution in [2.45, 2.75) is 18.8 Å². The Morgan fingerprint density at radius 2 is 1.80 bits per heavy atom. The molecular weight excluding hydrogens is 328 g/mol. The van der Waals surface area contributed by atoms with E-state index in [1.807, 2.05) is 0 Å². The van der Waals surface area contributed by atoms with Gasteiger partial charge in [0.15, 0.2) is 0 Å². The van der Waals surface area contributed by atoms with Crippen molar-refractivity contribution < 1.29 is 18.4 Å². The molecule has 0 unspecified atom stereocenters. The Hall–Kier alpha value is -2.83. The first-order chi connectivity index (χ1) is 12.1. The Morgan fingerprint density at radius 1 is 1.12 bits per heavy atom. The molecule has 1 aliphatic carbocycles. The van der Waals surface area contributed by atoms with Gasteiger partial charge in [-0.2, -0.15) is 0 Å². The van der Waals surface area contributed by atoms with Crippen LogP contribution in [0.3, 0.4) is 0 Å². The molecule has 1 fully saturated rings. The van der Waals surface area contributed by atoms with Crippen molar-refractivity contribution in [3.05, 3.63) is 59.9 Å². The number of nitrogens with zero attached hydrogens (tertiary/aromatic N) is 1. The molecule has 0 radical (unpaired) electrons. The average molecular weight is 345 g/mol. The van der Waals surface area contributed by atoms with Gasteiger partial charge >= 0.3 is 0 Å². The number of amides is 2. The number of aromatic nitrogens is 1. The summed E-state index contributed by atoms with van der Waals surface area (Å²) >= 11 is 0. The van der Waals surface area contributed by atoms with E-state index >= 15 is 0 Å². The van der Waals surface area contributed by atoms with Gasteiger partial charge in [-0.25, -0.2) is 8.78 Å². The van der Waals surface area contributed by atoms with Gasteiger partial charge in [0.25, 0.3) is 0 Å². The first kappa shape index (κ1) is 17.0. The Kier molecular flexibility index (Phi) is 5.02. The molecular formula is C18H17F2N3O2. The monoisotopic (exact) mass is 345 g/mol. The summed E-state index contributed by atoms with van der Waals surface area (Å²) < 4.78 is 27.4. The number of halogens is 2. The quantitative estimate of drug-likeness (QED) is 0.845. The zero-order valence-electron chi connectivity index (χ0n) is 13.3. The van der Waals surface area contributed by atoms with Crippen molar-refractivity contribution in [3.63, 3.8) is 0 Å². The second-order valence-corrected chi connectivity index (χ2v) is 5.91. The van der Waals surface area contributed by atoms with E-state index in [1.165, 1.54) is 18.2 Å². The van der Waals surface area contributed by atoms with Crippen LogP contribution in [0.15, 0.2) is 42.7 Å². The fourth-order valence-electron chi connectivity index (χ4n) is 2.76. The van der Waals surface area contributed by atoms with Crippen LogP contribution in [0.1, 0.15) is 24.3 Å².